The zero-order chi connectivity index (χ0) is 17.1. The summed E-state index contributed by atoms with van der Waals surface area (Å²) in [4.78, 5) is 9.61. The van der Waals surface area contributed by atoms with Gasteiger partial charge >= 0.3 is 0 Å². The predicted octanol–water partition coefficient (Wildman–Crippen LogP) is 1.40. The van der Waals surface area contributed by atoms with Crippen molar-refractivity contribution in [3.63, 3.8) is 0 Å². The van der Waals surface area contributed by atoms with Crippen molar-refractivity contribution < 1.29 is 9.84 Å². The fraction of sp³-hybridized carbons (Fsp3) is 0.550. The number of para-hydroxylation sites is 1. The molecule has 0 radical (unpaired) electrons. The molecule has 4 rings (SSSR count). The molecule has 0 spiro atoms. The van der Waals surface area contributed by atoms with Crippen molar-refractivity contribution in [1.82, 2.24) is 14.8 Å². The van der Waals surface area contributed by atoms with E-state index in [-0.39, 0.29) is 12.0 Å². The first-order valence-corrected chi connectivity index (χ1v) is 9.33. The summed E-state index contributed by atoms with van der Waals surface area (Å²) in [6, 6.07) is 12.4. The Hall–Kier alpha value is -1.53. The zero-order valence-electron chi connectivity index (χ0n) is 14.7. The van der Waals surface area contributed by atoms with E-state index in [1.807, 2.05) is 12.1 Å². The Kier molecular flexibility index (Phi) is 5.27. The topological polar surface area (TPSA) is 48.8 Å². The monoisotopic (exact) mass is 341 g/mol. The predicted molar refractivity (Wildman–Crippen MR) is 98.6 cm³/mol. The number of pyridine rings is 1. The molecule has 1 N–H and O–H groups in total. The van der Waals surface area contributed by atoms with Crippen LogP contribution < -0.4 is 0 Å². The van der Waals surface area contributed by atoms with Gasteiger partial charge in [0.2, 0.25) is 0 Å². The van der Waals surface area contributed by atoms with E-state index in [2.05, 4.69) is 34.1 Å². The van der Waals surface area contributed by atoms with Crippen LogP contribution in [0.1, 0.15) is 5.69 Å². The number of hydrogen-bond donors (Lipinski definition) is 1. The lowest BCUT2D eigenvalue weighted by Crippen LogP contribution is -2.41. The van der Waals surface area contributed by atoms with Crippen LogP contribution in [0.2, 0.25) is 0 Å². The molecule has 2 fully saturated rings. The Labute approximate surface area is 149 Å². The summed E-state index contributed by atoms with van der Waals surface area (Å²) >= 11 is 0. The maximum Gasteiger partial charge on any atom is 0.0711 e. The van der Waals surface area contributed by atoms with Gasteiger partial charge in [0.05, 0.1) is 24.8 Å². The average molecular weight is 341 g/mol. The van der Waals surface area contributed by atoms with Gasteiger partial charge < -0.3 is 9.84 Å². The molecule has 25 heavy (non-hydrogen) atoms. The molecule has 0 unspecified atom stereocenters. The van der Waals surface area contributed by atoms with Crippen LogP contribution in [0.15, 0.2) is 36.4 Å². The molecule has 5 heteroatoms. The lowest BCUT2D eigenvalue weighted by atomic mass is 9.99. The maximum absolute atomic E-state index is 10.5. The van der Waals surface area contributed by atoms with Gasteiger partial charge in [0.1, 0.15) is 0 Å². The second-order valence-electron chi connectivity index (χ2n) is 7.24. The number of rotatable bonds is 5. The number of hydrogen-bond acceptors (Lipinski definition) is 5. The Morgan fingerprint density at radius 3 is 2.68 bits per heavy atom. The first-order valence-electron chi connectivity index (χ1n) is 9.33. The van der Waals surface area contributed by atoms with E-state index in [0.29, 0.717) is 0 Å². The molecule has 1 aromatic heterocycles. The molecule has 0 saturated carbocycles. The Bertz CT molecular complexity index is 702. The fourth-order valence-corrected chi connectivity index (χ4v) is 3.92. The van der Waals surface area contributed by atoms with Crippen molar-refractivity contribution in [2.45, 2.75) is 12.5 Å². The average Bonchev–Trinajstić information content (AvgIpc) is 3.00. The van der Waals surface area contributed by atoms with E-state index in [1.54, 1.807) is 0 Å². The largest absolute Gasteiger partial charge is 0.391 e. The Morgan fingerprint density at radius 2 is 1.80 bits per heavy atom. The second-order valence-corrected chi connectivity index (χ2v) is 7.24. The molecule has 2 saturated heterocycles. The molecule has 5 nitrogen and oxygen atoms in total. The number of benzene rings is 1. The molecule has 2 atom stereocenters. The molecular formula is C20H27N3O2. The van der Waals surface area contributed by atoms with Crippen LogP contribution in [0, 0.1) is 5.92 Å². The van der Waals surface area contributed by atoms with Gasteiger partial charge in [0.15, 0.2) is 0 Å². The highest BCUT2D eigenvalue weighted by atomic mass is 16.5. The smallest absolute Gasteiger partial charge is 0.0711 e. The van der Waals surface area contributed by atoms with E-state index in [4.69, 9.17) is 9.72 Å². The Morgan fingerprint density at radius 1 is 1.00 bits per heavy atom. The van der Waals surface area contributed by atoms with Crippen LogP contribution in [-0.4, -0.2) is 78.5 Å². The highest BCUT2D eigenvalue weighted by molar-refractivity contribution is 5.78. The van der Waals surface area contributed by atoms with Gasteiger partial charge in [-0.1, -0.05) is 24.3 Å². The normalized spacial score (nSPS) is 25.6. The minimum atomic E-state index is -0.252. The lowest BCUT2D eigenvalue weighted by molar-refractivity contribution is 0.0338. The summed E-state index contributed by atoms with van der Waals surface area (Å²) in [7, 11) is 0. The first-order chi connectivity index (χ1) is 12.3. The quantitative estimate of drug-likeness (QED) is 0.891. The second kappa shape index (κ2) is 7.79. The summed E-state index contributed by atoms with van der Waals surface area (Å²) in [5, 5.41) is 11.6. The highest BCUT2D eigenvalue weighted by Crippen LogP contribution is 2.22. The van der Waals surface area contributed by atoms with Crippen molar-refractivity contribution >= 4 is 10.9 Å². The molecule has 3 heterocycles. The Balaban J connectivity index is 1.32. The summed E-state index contributed by atoms with van der Waals surface area (Å²) < 4.78 is 5.40. The molecule has 2 aliphatic rings. The fourth-order valence-electron chi connectivity index (χ4n) is 3.92. The van der Waals surface area contributed by atoms with Crippen molar-refractivity contribution in [2.24, 2.45) is 5.92 Å². The van der Waals surface area contributed by atoms with Crippen LogP contribution in [0.5, 0.6) is 0 Å². The van der Waals surface area contributed by atoms with Crippen LogP contribution in [0.4, 0.5) is 0 Å². The van der Waals surface area contributed by atoms with E-state index in [0.717, 1.165) is 70.1 Å². The van der Waals surface area contributed by atoms with Gasteiger partial charge in [-0.3, -0.25) is 14.8 Å². The van der Waals surface area contributed by atoms with E-state index >= 15 is 0 Å². The van der Waals surface area contributed by atoms with Crippen LogP contribution in [0.25, 0.3) is 10.9 Å². The van der Waals surface area contributed by atoms with E-state index in [1.165, 1.54) is 5.39 Å². The number of β-amino-alcohol motifs (C(OH)–C–C–N with tert-alkyl or cyclic N) is 1. The molecule has 134 valence electrons. The zero-order valence-corrected chi connectivity index (χ0v) is 14.7. The molecule has 0 amide bonds. The SMILES string of the molecule is O[C@@H]1CN(CCN2CCOCC2)C[C@H]1Cc1ccc2ccccc2n1. The van der Waals surface area contributed by atoms with E-state index < -0.39 is 0 Å². The highest BCUT2D eigenvalue weighted by Gasteiger charge is 2.31. The third-order valence-corrected chi connectivity index (χ3v) is 5.45. The minimum absolute atomic E-state index is 0.252. The number of morpholine rings is 1. The number of ether oxygens (including phenoxy) is 1. The number of aliphatic hydroxyl groups excluding tert-OH is 1. The number of likely N-dealkylation sites (tertiary alicyclic amines) is 1. The number of nitrogens with zero attached hydrogens (tertiary/aromatic N) is 3. The van der Waals surface area contributed by atoms with Crippen molar-refractivity contribution in [3.05, 3.63) is 42.1 Å². The molecule has 0 bridgehead atoms. The van der Waals surface area contributed by atoms with Gasteiger partial charge in [-0.15, -0.1) is 0 Å². The van der Waals surface area contributed by atoms with Gasteiger partial charge in [0.25, 0.3) is 0 Å². The van der Waals surface area contributed by atoms with Crippen LogP contribution in [0.3, 0.4) is 0 Å². The number of aromatic nitrogens is 1. The molecular weight excluding hydrogens is 314 g/mol. The van der Waals surface area contributed by atoms with Gasteiger partial charge in [0, 0.05) is 56.3 Å². The van der Waals surface area contributed by atoms with Crippen LogP contribution >= 0.6 is 0 Å². The van der Waals surface area contributed by atoms with Crippen LogP contribution in [-0.2, 0) is 11.2 Å². The number of fused-ring (bicyclic) bond motifs is 1. The first kappa shape index (κ1) is 16.9. The third-order valence-electron chi connectivity index (χ3n) is 5.45. The molecule has 2 aromatic rings. The molecule has 0 aliphatic carbocycles. The lowest BCUT2D eigenvalue weighted by Gasteiger charge is -2.28. The maximum atomic E-state index is 10.5. The third kappa shape index (κ3) is 4.18. The van der Waals surface area contributed by atoms with E-state index in [9.17, 15) is 5.11 Å². The summed E-state index contributed by atoms with van der Waals surface area (Å²) in [5.41, 5.74) is 2.12. The summed E-state index contributed by atoms with van der Waals surface area (Å²) in [6.45, 7) is 7.58. The standard InChI is InChI=1S/C20H27N3O2/c24-20-15-23(8-7-22-9-11-25-12-10-22)14-17(20)13-18-6-5-16-3-1-2-4-19(16)21-18/h1-6,17,20,24H,7-15H2/t17-,20-/m1/s1. The van der Waals surface area contributed by atoms with Crippen molar-refractivity contribution in [3.8, 4) is 0 Å². The van der Waals surface area contributed by atoms with Crippen molar-refractivity contribution in [1.29, 1.82) is 0 Å². The molecule has 2 aliphatic heterocycles. The molecule has 1 aromatic carbocycles. The van der Waals surface area contributed by atoms with Gasteiger partial charge in [-0.25, -0.2) is 0 Å². The summed E-state index contributed by atoms with van der Waals surface area (Å²) in [5.74, 6) is 0.276. The summed E-state index contributed by atoms with van der Waals surface area (Å²) in [6.07, 6.45) is 0.595. The number of aliphatic hydroxyl groups is 1. The van der Waals surface area contributed by atoms with Gasteiger partial charge in [-0.05, 0) is 18.6 Å². The minimum Gasteiger partial charge on any atom is -0.391 e. The van der Waals surface area contributed by atoms with Crippen molar-refractivity contribution in [2.75, 3.05) is 52.5 Å². The van der Waals surface area contributed by atoms with Gasteiger partial charge in [-0.2, -0.15) is 0 Å².